The number of nitrogens with one attached hydrogen (secondary N) is 1. The molecule has 1 aromatic carbocycles. The number of anilines is 1. The van der Waals surface area contributed by atoms with Crippen molar-refractivity contribution in [3.05, 3.63) is 47.3 Å². The number of amides is 1. The Labute approximate surface area is 105 Å². The highest BCUT2D eigenvalue weighted by Gasteiger charge is 2.11. The highest BCUT2D eigenvalue weighted by molar-refractivity contribution is 6.03. The van der Waals surface area contributed by atoms with Crippen LogP contribution in [0.5, 0.6) is 0 Å². The van der Waals surface area contributed by atoms with Gasteiger partial charge in [0, 0.05) is 12.7 Å². The van der Waals surface area contributed by atoms with Crippen LogP contribution in [0, 0.1) is 18.3 Å². The van der Waals surface area contributed by atoms with Crippen LogP contribution in [-0.2, 0) is 7.05 Å². The maximum absolute atomic E-state index is 12.0. The molecule has 1 aromatic heterocycles. The molecule has 0 aliphatic rings. The van der Waals surface area contributed by atoms with E-state index in [-0.39, 0.29) is 5.91 Å². The van der Waals surface area contributed by atoms with Crippen molar-refractivity contribution in [2.24, 2.45) is 7.05 Å². The SMILES string of the molecule is Cc1cc(C(=O)Nc2cccc(C#N)c2)n(C)n1. The molecule has 1 N–H and O–H groups in total. The third-order valence-corrected chi connectivity index (χ3v) is 2.48. The topological polar surface area (TPSA) is 70.7 Å². The molecule has 0 fully saturated rings. The fourth-order valence-electron chi connectivity index (χ4n) is 1.68. The second-order valence-corrected chi connectivity index (χ2v) is 3.94. The van der Waals surface area contributed by atoms with Gasteiger partial charge in [0.05, 0.1) is 17.3 Å². The number of hydrogen-bond donors (Lipinski definition) is 1. The van der Waals surface area contributed by atoms with E-state index in [1.54, 1.807) is 37.4 Å². The van der Waals surface area contributed by atoms with Crippen molar-refractivity contribution in [1.29, 1.82) is 5.26 Å². The Hall–Kier alpha value is -2.61. The van der Waals surface area contributed by atoms with E-state index in [4.69, 9.17) is 5.26 Å². The molecule has 1 amide bonds. The van der Waals surface area contributed by atoms with Gasteiger partial charge in [-0.1, -0.05) is 6.07 Å². The first kappa shape index (κ1) is 11.9. The van der Waals surface area contributed by atoms with Gasteiger partial charge in [-0.2, -0.15) is 10.4 Å². The summed E-state index contributed by atoms with van der Waals surface area (Å²) in [6.07, 6.45) is 0. The van der Waals surface area contributed by atoms with Gasteiger partial charge in [-0.25, -0.2) is 0 Å². The number of aryl methyl sites for hydroxylation is 2. The molecule has 0 spiro atoms. The minimum Gasteiger partial charge on any atom is -0.321 e. The summed E-state index contributed by atoms with van der Waals surface area (Å²) < 4.78 is 1.53. The Morgan fingerprint density at radius 2 is 2.22 bits per heavy atom. The molecular formula is C13H12N4O. The Morgan fingerprint density at radius 1 is 1.44 bits per heavy atom. The first-order chi connectivity index (χ1) is 8.60. The summed E-state index contributed by atoms with van der Waals surface area (Å²) in [5.41, 5.74) is 2.37. The fraction of sp³-hybridized carbons (Fsp3) is 0.154. The summed E-state index contributed by atoms with van der Waals surface area (Å²) in [4.78, 5) is 12.0. The minimum absolute atomic E-state index is 0.242. The molecule has 18 heavy (non-hydrogen) atoms. The Morgan fingerprint density at radius 3 is 2.83 bits per heavy atom. The van der Waals surface area contributed by atoms with Crippen LogP contribution in [0.15, 0.2) is 30.3 Å². The summed E-state index contributed by atoms with van der Waals surface area (Å²) in [6.45, 7) is 1.83. The molecule has 2 aromatic rings. The molecule has 0 bridgehead atoms. The highest BCUT2D eigenvalue weighted by Crippen LogP contribution is 2.12. The van der Waals surface area contributed by atoms with Crippen molar-refractivity contribution in [2.75, 3.05) is 5.32 Å². The van der Waals surface area contributed by atoms with Crippen molar-refractivity contribution >= 4 is 11.6 Å². The predicted molar refractivity (Wildman–Crippen MR) is 67.1 cm³/mol. The molecule has 0 atom stereocenters. The van der Waals surface area contributed by atoms with Gasteiger partial charge in [-0.3, -0.25) is 9.48 Å². The zero-order valence-electron chi connectivity index (χ0n) is 10.1. The Bertz CT molecular complexity index is 637. The van der Waals surface area contributed by atoms with Gasteiger partial charge < -0.3 is 5.32 Å². The van der Waals surface area contributed by atoms with E-state index in [2.05, 4.69) is 10.4 Å². The second kappa shape index (κ2) is 4.72. The average Bonchev–Trinajstić information content (AvgIpc) is 2.69. The van der Waals surface area contributed by atoms with Crippen LogP contribution in [-0.4, -0.2) is 15.7 Å². The lowest BCUT2D eigenvalue weighted by atomic mass is 10.2. The Kier molecular flexibility index (Phi) is 3.11. The summed E-state index contributed by atoms with van der Waals surface area (Å²) in [5.74, 6) is -0.242. The zero-order valence-corrected chi connectivity index (χ0v) is 10.1. The van der Waals surface area contributed by atoms with Crippen LogP contribution in [0.25, 0.3) is 0 Å². The number of benzene rings is 1. The second-order valence-electron chi connectivity index (χ2n) is 3.94. The van der Waals surface area contributed by atoms with Gasteiger partial charge >= 0.3 is 0 Å². The maximum atomic E-state index is 12.0. The molecule has 0 saturated heterocycles. The fourth-order valence-corrected chi connectivity index (χ4v) is 1.68. The number of rotatable bonds is 2. The average molecular weight is 240 g/mol. The van der Waals surface area contributed by atoms with E-state index in [0.717, 1.165) is 5.69 Å². The smallest absolute Gasteiger partial charge is 0.273 e. The molecular weight excluding hydrogens is 228 g/mol. The minimum atomic E-state index is -0.242. The molecule has 0 unspecified atom stereocenters. The lowest BCUT2D eigenvalue weighted by Crippen LogP contribution is -2.16. The largest absolute Gasteiger partial charge is 0.321 e. The van der Waals surface area contributed by atoms with E-state index >= 15 is 0 Å². The van der Waals surface area contributed by atoms with E-state index in [1.807, 2.05) is 13.0 Å². The van der Waals surface area contributed by atoms with Gasteiger partial charge in [0.2, 0.25) is 0 Å². The van der Waals surface area contributed by atoms with Crippen molar-refractivity contribution in [2.45, 2.75) is 6.92 Å². The molecule has 0 saturated carbocycles. The Balaban J connectivity index is 2.21. The summed E-state index contributed by atoms with van der Waals surface area (Å²) in [7, 11) is 1.72. The molecule has 5 heteroatoms. The molecule has 0 aliphatic heterocycles. The van der Waals surface area contributed by atoms with E-state index in [9.17, 15) is 4.79 Å². The van der Waals surface area contributed by atoms with Gasteiger partial charge in [-0.15, -0.1) is 0 Å². The molecule has 90 valence electrons. The lowest BCUT2D eigenvalue weighted by Gasteiger charge is -2.05. The molecule has 5 nitrogen and oxygen atoms in total. The highest BCUT2D eigenvalue weighted by atomic mass is 16.2. The quantitative estimate of drug-likeness (QED) is 0.870. The normalized spacial score (nSPS) is 9.83. The van der Waals surface area contributed by atoms with Crippen molar-refractivity contribution < 1.29 is 4.79 Å². The van der Waals surface area contributed by atoms with Crippen LogP contribution in [0.3, 0.4) is 0 Å². The van der Waals surface area contributed by atoms with Crippen molar-refractivity contribution in [3.63, 3.8) is 0 Å². The molecule has 0 aliphatic carbocycles. The van der Waals surface area contributed by atoms with Crippen LogP contribution in [0.2, 0.25) is 0 Å². The first-order valence-electron chi connectivity index (χ1n) is 5.42. The number of nitriles is 1. The van der Waals surface area contributed by atoms with Crippen molar-refractivity contribution in [3.8, 4) is 6.07 Å². The van der Waals surface area contributed by atoms with Crippen molar-refractivity contribution in [1.82, 2.24) is 9.78 Å². The van der Waals surface area contributed by atoms with Gasteiger partial charge in [0.1, 0.15) is 5.69 Å². The molecule has 1 heterocycles. The lowest BCUT2D eigenvalue weighted by molar-refractivity contribution is 0.101. The number of aromatic nitrogens is 2. The van der Waals surface area contributed by atoms with E-state index in [0.29, 0.717) is 16.9 Å². The third kappa shape index (κ3) is 2.38. The van der Waals surface area contributed by atoms with E-state index < -0.39 is 0 Å². The van der Waals surface area contributed by atoms with Gasteiger partial charge in [-0.05, 0) is 31.2 Å². The van der Waals surface area contributed by atoms with Crippen LogP contribution >= 0.6 is 0 Å². The summed E-state index contributed by atoms with van der Waals surface area (Å²) in [6, 6.07) is 10.5. The number of hydrogen-bond acceptors (Lipinski definition) is 3. The van der Waals surface area contributed by atoms with Gasteiger partial charge in [0.15, 0.2) is 0 Å². The van der Waals surface area contributed by atoms with Crippen LogP contribution in [0.4, 0.5) is 5.69 Å². The maximum Gasteiger partial charge on any atom is 0.273 e. The monoisotopic (exact) mass is 240 g/mol. The molecule has 2 rings (SSSR count). The number of carbonyl (C=O) groups is 1. The number of nitrogens with zero attached hydrogens (tertiary/aromatic N) is 3. The molecule has 0 radical (unpaired) electrons. The van der Waals surface area contributed by atoms with Crippen LogP contribution < -0.4 is 5.32 Å². The number of carbonyl (C=O) groups excluding carboxylic acids is 1. The van der Waals surface area contributed by atoms with Crippen LogP contribution in [0.1, 0.15) is 21.7 Å². The predicted octanol–water partition coefficient (Wildman–Crippen LogP) is 1.85. The van der Waals surface area contributed by atoms with E-state index in [1.165, 1.54) is 4.68 Å². The van der Waals surface area contributed by atoms with Gasteiger partial charge in [0.25, 0.3) is 5.91 Å². The summed E-state index contributed by atoms with van der Waals surface area (Å²) in [5, 5.41) is 15.6. The first-order valence-corrected chi connectivity index (χ1v) is 5.42. The zero-order chi connectivity index (χ0) is 13.1. The third-order valence-electron chi connectivity index (χ3n) is 2.48. The summed E-state index contributed by atoms with van der Waals surface area (Å²) >= 11 is 0. The standard InChI is InChI=1S/C13H12N4O/c1-9-6-12(17(2)16-9)13(18)15-11-5-3-4-10(7-11)8-14/h3-7H,1-2H3,(H,15,18).